The molecule has 0 unspecified atom stereocenters. The second-order valence-electron chi connectivity index (χ2n) is 5.84. The topological polar surface area (TPSA) is 102 Å². The Morgan fingerprint density at radius 2 is 1.96 bits per heavy atom. The first-order valence-corrected chi connectivity index (χ1v) is 8.63. The molecule has 7 heteroatoms. The minimum atomic E-state index is -0.684. The van der Waals surface area contributed by atoms with E-state index in [0.717, 1.165) is 12.2 Å². The fraction of sp³-hybridized carbons (Fsp3) is 0.350. The first-order valence-electron chi connectivity index (χ1n) is 8.63. The molecule has 0 saturated heterocycles. The molecule has 0 bridgehead atoms. The van der Waals surface area contributed by atoms with Gasteiger partial charge in [0.2, 0.25) is 11.8 Å². The number of aryl methyl sites for hydroxylation is 2. The molecular weight excluding hydrogens is 348 g/mol. The summed E-state index contributed by atoms with van der Waals surface area (Å²) in [6, 6.07) is 9.68. The van der Waals surface area contributed by atoms with E-state index in [0.29, 0.717) is 13.0 Å². The van der Waals surface area contributed by atoms with Crippen LogP contribution in [-0.2, 0) is 16.0 Å². The molecule has 27 heavy (non-hydrogen) atoms. The van der Waals surface area contributed by atoms with Gasteiger partial charge in [0.1, 0.15) is 28.7 Å². The van der Waals surface area contributed by atoms with Gasteiger partial charge in [0.05, 0.1) is 13.7 Å². The van der Waals surface area contributed by atoms with Gasteiger partial charge in [-0.05, 0) is 37.5 Å². The third-order valence-corrected chi connectivity index (χ3v) is 3.99. The van der Waals surface area contributed by atoms with E-state index in [4.69, 9.17) is 9.15 Å². The molecule has 0 aliphatic heterocycles. The normalized spacial score (nSPS) is 10.1. The lowest BCUT2D eigenvalue weighted by Gasteiger charge is -2.07. The van der Waals surface area contributed by atoms with Gasteiger partial charge in [0, 0.05) is 6.42 Å². The summed E-state index contributed by atoms with van der Waals surface area (Å²) in [6.45, 7) is 4.00. The quantitative estimate of drug-likeness (QED) is 0.563. The van der Waals surface area contributed by atoms with E-state index in [1.54, 1.807) is 0 Å². The fourth-order valence-electron chi connectivity index (χ4n) is 2.52. The van der Waals surface area contributed by atoms with Crippen LogP contribution in [0.3, 0.4) is 0 Å². The average molecular weight is 370 g/mol. The fourth-order valence-corrected chi connectivity index (χ4v) is 2.52. The SMILES string of the molecule is CCc1ccc(OCCCC(=O)Nc2oc(C)c(C(=O)OC)c2C#N)cc1. The number of amides is 1. The molecule has 0 radical (unpaired) electrons. The van der Waals surface area contributed by atoms with E-state index in [1.165, 1.54) is 19.6 Å². The molecule has 7 nitrogen and oxygen atoms in total. The Hall–Kier alpha value is -3.27. The predicted molar refractivity (Wildman–Crippen MR) is 98.7 cm³/mol. The predicted octanol–water partition coefficient (Wildman–Crippen LogP) is 3.61. The first kappa shape index (κ1) is 20.0. The van der Waals surface area contributed by atoms with Crippen molar-refractivity contribution in [1.82, 2.24) is 0 Å². The third-order valence-electron chi connectivity index (χ3n) is 3.99. The molecule has 0 saturated carbocycles. The van der Waals surface area contributed by atoms with Crippen LogP contribution in [0.25, 0.3) is 0 Å². The maximum absolute atomic E-state index is 12.1. The highest BCUT2D eigenvalue weighted by Crippen LogP contribution is 2.27. The molecule has 0 fully saturated rings. The molecule has 1 aromatic heterocycles. The van der Waals surface area contributed by atoms with E-state index < -0.39 is 5.97 Å². The number of anilines is 1. The van der Waals surface area contributed by atoms with Crippen LogP contribution in [0.5, 0.6) is 5.75 Å². The number of hydrogen-bond acceptors (Lipinski definition) is 6. The van der Waals surface area contributed by atoms with Crippen molar-refractivity contribution >= 4 is 17.8 Å². The minimum Gasteiger partial charge on any atom is -0.494 e. The molecular formula is C20H22N2O5. The van der Waals surface area contributed by atoms with Crippen LogP contribution in [0.1, 0.15) is 47.0 Å². The van der Waals surface area contributed by atoms with Gasteiger partial charge >= 0.3 is 5.97 Å². The summed E-state index contributed by atoms with van der Waals surface area (Å²) in [5.41, 5.74) is 1.21. The number of hydrogen-bond donors (Lipinski definition) is 1. The number of carbonyl (C=O) groups excluding carboxylic acids is 2. The van der Waals surface area contributed by atoms with Gasteiger partial charge in [0.25, 0.3) is 0 Å². The van der Waals surface area contributed by atoms with E-state index in [9.17, 15) is 14.9 Å². The van der Waals surface area contributed by atoms with Gasteiger partial charge in [0.15, 0.2) is 0 Å². The first-order chi connectivity index (χ1) is 13.0. The Labute approximate surface area is 157 Å². The molecule has 1 amide bonds. The van der Waals surface area contributed by atoms with Crippen LogP contribution in [0, 0.1) is 18.3 Å². The number of furan rings is 1. The molecule has 1 heterocycles. The monoisotopic (exact) mass is 370 g/mol. The maximum Gasteiger partial charge on any atom is 0.342 e. The number of carbonyl (C=O) groups is 2. The number of nitrogens with one attached hydrogen (secondary N) is 1. The molecule has 0 spiro atoms. The molecule has 1 aromatic carbocycles. The number of methoxy groups -OCH3 is 1. The van der Waals surface area contributed by atoms with E-state index in [2.05, 4.69) is 17.0 Å². The van der Waals surface area contributed by atoms with E-state index in [1.807, 2.05) is 30.3 Å². The molecule has 0 aliphatic carbocycles. The van der Waals surface area contributed by atoms with Crippen molar-refractivity contribution in [3.63, 3.8) is 0 Å². The van der Waals surface area contributed by atoms with Crippen LogP contribution >= 0.6 is 0 Å². The van der Waals surface area contributed by atoms with Crippen molar-refractivity contribution in [2.75, 3.05) is 19.0 Å². The Bertz CT molecular complexity index is 846. The van der Waals surface area contributed by atoms with E-state index >= 15 is 0 Å². The van der Waals surface area contributed by atoms with Crippen molar-refractivity contribution in [3.8, 4) is 11.8 Å². The van der Waals surface area contributed by atoms with Gasteiger partial charge in [-0.2, -0.15) is 5.26 Å². The molecule has 2 rings (SSSR count). The number of benzene rings is 1. The summed E-state index contributed by atoms with van der Waals surface area (Å²) >= 11 is 0. The zero-order valence-electron chi connectivity index (χ0n) is 15.6. The lowest BCUT2D eigenvalue weighted by atomic mass is 10.1. The second-order valence-corrected chi connectivity index (χ2v) is 5.84. The van der Waals surface area contributed by atoms with Crippen molar-refractivity contribution in [2.24, 2.45) is 0 Å². The molecule has 0 atom stereocenters. The summed E-state index contributed by atoms with van der Waals surface area (Å²) in [7, 11) is 1.21. The number of ether oxygens (including phenoxy) is 2. The summed E-state index contributed by atoms with van der Waals surface area (Å²) < 4.78 is 15.6. The van der Waals surface area contributed by atoms with Crippen LogP contribution in [0.4, 0.5) is 5.88 Å². The molecule has 2 aromatic rings. The highest BCUT2D eigenvalue weighted by molar-refractivity contribution is 5.98. The van der Waals surface area contributed by atoms with E-state index in [-0.39, 0.29) is 35.1 Å². The highest BCUT2D eigenvalue weighted by Gasteiger charge is 2.25. The summed E-state index contributed by atoms with van der Waals surface area (Å²) in [5, 5.41) is 11.8. The van der Waals surface area contributed by atoms with Crippen molar-refractivity contribution in [1.29, 1.82) is 5.26 Å². The number of nitrogens with zero attached hydrogens (tertiary/aromatic N) is 1. The van der Waals surface area contributed by atoms with Gasteiger partial charge in [-0.25, -0.2) is 4.79 Å². The van der Waals surface area contributed by atoms with Crippen molar-refractivity contribution < 1.29 is 23.5 Å². The van der Waals surface area contributed by atoms with Gasteiger partial charge in [-0.3, -0.25) is 10.1 Å². The number of rotatable bonds is 8. The zero-order chi connectivity index (χ0) is 19.8. The molecule has 1 N–H and O–H groups in total. The Morgan fingerprint density at radius 1 is 1.26 bits per heavy atom. The van der Waals surface area contributed by atoms with Crippen molar-refractivity contribution in [2.45, 2.75) is 33.1 Å². The maximum atomic E-state index is 12.1. The molecule has 142 valence electrons. The summed E-state index contributed by atoms with van der Waals surface area (Å²) in [5.74, 6) is -0.0924. The molecule has 0 aliphatic rings. The Balaban J connectivity index is 1.87. The summed E-state index contributed by atoms with van der Waals surface area (Å²) in [6.07, 6.45) is 1.65. The van der Waals surface area contributed by atoms with Crippen LogP contribution in [0.2, 0.25) is 0 Å². The van der Waals surface area contributed by atoms with Gasteiger partial charge in [-0.15, -0.1) is 0 Å². The standard InChI is InChI=1S/C20H22N2O5/c1-4-14-7-9-15(10-8-14)26-11-5-6-17(23)22-19-16(12-21)18(13(2)27-19)20(24)25-3/h7-10H,4-6,11H2,1-3H3,(H,22,23). The lowest BCUT2D eigenvalue weighted by molar-refractivity contribution is -0.116. The summed E-state index contributed by atoms with van der Waals surface area (Å²) in [4.78, 5) is 23.8. The Morgan fingerprint density at radius 3 is 2.56 bits per heavy atom. The van der Waals surface area contributed by atoms with Crippen LogP contribution in [0.15, 0.2) is 28.7 Å². The average Bonchev–Trinajstić information content (AvgIpc) is 2.99. The number of esters is 1. The zero-order valence-corrected chi connectivity index (χ0v) is 15.6. The van der Waals surface area contributed by atoms with Crippen LogP contribution < -0.4 is 10.1 Å². The largest absolute Gasteiger partial charge is 0.494 e. The number of nitriles is 1. The van der Waals surface area contributed by atoms with Crippen LogP contribution in [-0.4, -0.2) is 25.6 Å². The Kier molecular flexibility index (Phi) is 7.00. The lowest BCUT2D eigenvalue weighted by Crippen LogP contribution is -2.13. The van der Waals surface area contributed by atoms with Crippen molar-refractivity contribution in [3.05, 3.63) is 46.7 Å². The second kappa shape index (κ2) is 9.43. The highest BCUT2D eigenvalue weighted by atomic mass is 16.5. The minimum absolute atomic E-state index is 0.0224. The third kappa shape index (κ3) is 5.11. The smallest absolute Gasteiger partial charge is 0.342 e. The van der Waals surface area contributed by atoms with Gasteiger partial charge in [-0.1, -0.05) is 19.1 Å². The van der Waals surface area contributed by atoms with Gasteiger partial charge < -0.3 is 13.9 Å².